The summed E-state index contributed by atoms with van der Waals surface area (Å²) in [5.74, 6) is 3.02. The van der Waals surface area contributed by atoms with Crippen molar-refractivity contribution in [2.24, 2.45) is 17.8 Å². The molecule has 2 saturated carbocycles. The summed E-state index contributed by atoms with van der Waals surface area (Å²) in [4.78, 5) is 5.09. The third-order valence-electron chi connectivity index (χ3n) is 8.10. The van der Waals surface area contributed by atoms with E-state index in [1.165, 1.54) is 83.7 Å². The summed E-state index contributed by atoms with van der Waals surface area (Å²) in [7, 11) is 6.59. The first-order valence-corrected chi connectivity index (χ1v) is 11.6. The van der Waals surface area contributed by atoms with Gasteiger partial charge in [-0.2, -0.15) is 0 Å². The maximum atomic E-state index is 3.23. The van der Waals surface area contributed by atoms with E-state index in [2.05, 4.69) is 36.1 Å². The molecule has 0 aromatic heterocycles. The predicted molar refractivity (Wildman–Crippen MR) is 113 cm³/mol. The van der Waals surface area contributed by atoms with Gasteiger partial charge in [0.2, 0.25) is 0 Å². The summed E-state index contributed by atoms with van der Waals surface area (Å²) < 4.78 is 0. The molecule has 4 aliphatic heterocycles. The van der Waals surface area contributed by atoms with E-state index in [-0.39, 0.29) is 0 Å². The van der Waals surface area contributed by atoms with E-state index < -0.39 is 0 Å². The van der Waals surface area contributed by atoms with Crippen molar-refractivity contribution >= 4 is 0 Å². The molecule has 6 aliphatic rings. The van der Waals surface area contributed by atoms with Crippen LogP contribution in [-0.4, -0.2) is 62.2 Å². The molecule has 26 heavy (non-hydrogen) atoms. The molecule has 6 rings (SSSR count). The van der Waals surface area contributed by atoms with Crippen LogP contribution in [0.5, 0.6) is 0 Å². The van der Waals surface area contributed by atoms with Crippen molar-refractivity contribution in [1.82, 2.24) is 15.1 Å². The third kappa shape index (κ3) is 5.45. The Balaban J connectivity index is 0.000000113. The summed E-state index contributed by atoms with van der Waals surface area (Å²) in [5.41, 5.74) is 0. The standard InChI is InChI=1S/C8H15N.C8H17N.C7H13N/c1-9-6-7-2-4-8(9)5-3-7;1-7-3-4-8(5-7)6-9-2;1-8-6-2-3-7(8)5-4-6/h7-8H,2-6H2,1H3;7-9H,3-6H2,1-2H3;6-7H,2-5H2,1H3. The summed E-state index contributed by atoms with van der Waals surface area (Å²) in [6.07, 6.45) is 16.2. The Labute approximate surface area is 163 Å². The highest BCUT2D eigenvalue weighted by Crippen LogP contribution is 2.35. The van der Waals surface area contributed by atoms with Gasteiger partial charge in [-0.3, -0.25) is 0 Å². The van der Waals surface area contributed by atoms with E-state index in [4.69, 9.17) is 0 Å². The van der Waals surface area contributed by atoms with Crippen molar-refractivity contribution < 1.29 is 0 Å². The Bertz CT molecular complexity index is 380. The molecule has 2 atom stereocenters. The van der Waals surface area contributed by atoms with Crippen LogP contribution in [0, 0.1) is 17.8 Å². The lowest BCUT2D eigenvalue weighted by atomic mass is 9.80. The number of piperidine rings is 2. The lowest BCUT2D eigenvalue weighted by molar-refractivity contribution is 0.0727. The van der Waals surface area contributed by atoms with Crippen molar-refractivity contribution in [3.05, 3.63) is 0 Å². The zero-order chi connectivity index (χ0) is 18.5. The van der Waals surface area contributed by atoms with Gasteiger partial charge in [0.05, 0.1) is 0 Å². The fraction of sp³-hybridized carbons (Fsp3) is 1.00. The smallest absolute Gasteiger partial charge is 0.00963 e. The summed E-state index contributed by atoms with van der Waals surface area (Å²) in [5, 5.41) is 3.23. The minimum atomic E-state index is 0.954. The minimum Gasteiger partial charge on any atom is -0.319 e. The quantitative estimate of drug-likeness (QED) is 0.785. The Morgan fingerprint density at radius 2 is 1.35 bits per heavy atom. The molecular formula is C23H45N3. The van der Waals surface area contributed by atoms with Crippen LogP contribution in [0.2, 0.25) is 0 Å². The van der Waals surface area contributed by atoms with Crippen molar-refractivity contribution in [1.29, 1.82) is 0 Å². The van der Waals surface area contributed by atoms with Gasteiger partial charge in [-0.05, 0) is 110 Å². The number of nitrogens with zero attached hydrogens (tertiary/aromatic N) is 2. The van der Waals surface area contributed by atoms with Gasteiger partial charge in [0.1, 0.15) is 0 Å². The molecule has 0 spiro atoms. The Morgan fingerprint density at radius 3 is 1.62 bits per heavy atom. The predicted octanol–water partition coefficient (Wildman–Crippen LogP) is 4.38. The van der Waals surface area contributed by atoms with Crippen LogP contribution >= 0.6 is 0 Å². The van der Waals surface area contributed by atoms with Crippen LogP contribution in [-0.2, 0) is 0 Å². The first-order chi connectivity index (χ1) is 12.6. The maximum Gasteiger partial charge on any atom is 0.00963 e. The van der Waals surface area contributed by atoms with Crippen LogP contribution in [0.15, 0.2) is 0 Å². The average Bonchev–Trinajstić information content (AvgIpc) is 3.33. The second-order valence-corrected chi connectivity index (χ2v) is 10.1. The average molecular weight is 364 g/mol. The highest BCUT2D eigenvalue weighted by atomic mass is 15.2. The Hall–Kier alpha value is -0.120. The highest BCUT2D eigenvalue weighted by molar-refractivity contribution is 4.92. The first kappa shape index (κ1) is 20.6. The van der Waals surface area contributed by atoms with Crippen LogP contribution in [0.4, 0.5) is 0 Å². The summed E-state index contributed by atoms with van der Waals surface area (Å²) in [6, 6.07) is 2.90. The van der Waals surface area contributed by atoms with Crippen LogP contribution in [0.1, 0.15) is 77.6 Å². The second-order valence-electron chi connectivity index (χ2n) is 10.1. The van der Waals surface area contributed by atoms with Gasteiger partial charge in [0.25, 0.3) is 0 Å². The zero-order valence-electron chi connectivity index (χ0n) is 18.1. The third-order valence-corrected chi connectivity index (χ3v) is 8.10. The molecule has 0 amide bonds. The summed E-state index contributed by atoms with van der Waals surface area (Å²) in [6.45, 7) is 4.96. The van der Waals surface area contributed by atoms with Crippen molar-refractivity contribution in [3.63, 3.8) is 0 Å². The van der Waals surface area contributed by atoms with Crippen LogP contribution < -0.4 is 5.32 Å². The van der Waals surface area contributed by atoms with Gasteiger partial charge in [0, 0.05) is 24.7 Å². The van der Waals surface area contributed by atoms with E-state index in [0.29, 0.717) is 0 Å². The molecule has 1 N–H and O–H groups in total. The normalized spacial score (nSPS) is 41.5. The number of nitrogens with one attached hydrogen (secondary N) is 1. The fourth-order valence-corrected chi connectivity index (χ4v) is 6.29. The van der Waals surface area contributed by atoms with Crippen molar-refractivity contribution in [2.75, 3.05) is 34.2 Å². The van der Waals surface area contributed by atoms with Gasteiger partial charge in [0.15, 0.2) is 0 Å². The van der Waals surface area contributed by atoms with Crippen LogP contribution in [0.3, 0.4) is 0 Å². The Morgan fingerprint density at radius 1 is 0.769 bits per heavy atom. The number of hydrogen-bond donors (Lipinski definition) is 1. The molecule has 3 heteroatoms. The number of hydrogen-bond acceptors (Lipinski definition) is 3. The monoisotopic (exact) mass is 363 g/mol. The molecule has 4 saturated heterocycles. The molecule has 4 heterocycles. The maximum absolute atomic E-state index is 3.23. The van der Waals surface area contributed by atoms with E-state index in [1.807, 2.05) is 7.05 Å². The molecule has 0 aromatic carbocycles. The van der Waals surface area contributed by atoms with E-state index in [0.717, 1.165) is 35.9 Å². The molecular weight excluding hydrogens is 318 g/mol. The number of rotatable bonds is 2. The molecule has 0 aromatic rings. The van der Waals surface area contributed by atoms with Gasteiger partial charge >= 0.3 is 0 Å². The van der Waals surface area contributed by atoms with E-state index >= 15 is 0 Å². The van der Waals surface area contributed by atoms with Gasteiger partial charge in [-0.1, -0.05) is 13.3 Å². The highest BCUT2D eigenvalue weighted by Gasteiger charge is 2.36. The SMILES string of the molecule is CN1C2CCC1CC2.CN1CC2CCC1CC2.CNCC1CCC(C)C1. The minimum absolute atomic E-state index is 0.954. The van der Waals surface area contributed by atoms with Gasteiger partial charge in [-0.25, -0.2) is 0 Å². The fourth-order valence-electron chi connectivity index (χ4n) is 6.29. The van der Waals surface area contributed by atoms with E-state index in [1.54, 1.807) is 0 Å². The first-order valence-electron chi connectivity index (χ1n) is 11.6. The topological polar surface area (TPSA) is 18.5 Å². The molecule has 0 radical (unpaired) electrons. The molecule has 2 unspecified atom stereocenters. The van der Waals surface area contributed by atoms with Gasteiger partial charge in [-0.15, -0.1) is 0 Å². The lowest BCUT2D eigenvalue weighted by Gasteiger charge is -2.43. The Kier molecular flexibility index (Phi) is 7.84. The molecule has 4 bridgehead atoms. The van der Waals surface area contributed by atoms with E-state index in [9.17, 15) is 0 Å². The van der Waals surface area contributed by atoms with Crippen molar-refractivity contribution in [2.45, 2.75) is 95.7 Å². The van der Waals surface area contributed by atoms with Gasteiger partial charge < -0.3 is 15.1 Å². The largest absolute Gasteiger partial charge is 0.319 e. The lowest BCUT2D eigenvalue weighted by Crippen LogP contribution is -2.45. The molecule has 152 valence electrons. The zero-order valence-corrected chi connectivity index (χ0v) is 18.1. The molecule has 6 fully saturated rings. The molecule has 2 aliphatic carbocycles. The van der Waals surface area contributed by atoms with Crippen LogP contribution in [0.25, 0.3) is 0 Å². The summed E-state index contributed by atoms with van der Waals surface area (Å²) >= 11 is 0. The second kappa shape index (κ2) is 9.89. The molecule has 3 nitrogen and oxygen atoms in total. The number of fused-ring (bicyclic) bond motifs is 5. The van der Waals surface area contributed by atoms with Crippen molar-refractivity contribution in [3.8, 4) is 0 Å².